The van der Waals surface area contributed by atoms with Gasteiger partial charge in [0.15, 0.2) is 0 Å². The molecule has 2 heterocycles. The Kier molecular flexibility index (Phi) is 3.20. The van der Waals surface area contributed by atoms with Crippen LogP contribution in [0.2, 0.25) is 0 Å². The van der Waals surface area contributed by atoms with Crippen molar-refractivity contribution in [2.75, 3.05) is 6.54 Å². The van der Waals surface area contributed by atoms with Gasteiger partial charge in [0.2, 0.25) is 11.8 Å². The molecule has 0 saturated heterocycles. The summed E-state index contributed by atoms with van der Waals surface area (Å²) < 4.78 is 1.79. The Labute approximate surface area is 129 Å². The summed E-state index contributed by atoms with van der Waals surface area (Å²) in [6.45, 7) is 3.11. The predicted molar refractivity (Wildman–Crippen MR) is 79.7 cm³/mol. The van der Waals surface area contributed by atoms with E-state index in [1.54, 1.807) is 10.9 Å². The van der Waals surface area contributed by atoms with Crippen LogP contribution in [-0.2, 0) is 16.1 Å². The van der Waals surface area contributed by atoms with Crippen molar-refractivity contribution >= 4 is 11.8 Å². The largest absolute Gasteiger partial charge is 0.351 e. The number of fused-ring (bicyclic) bond motifs is 1. The fourth-order valence-electron chi connectivity index (χ4n) is 3.41. The lowest BCUT2D eigenvalue weighted by atomic mass is 9.93. The van der Waals surface area contributed by atoms with Crippen LogP contribution in [0.15, 0.2) is 12.3 Å². The second-order valence-electron chi connectivity index (χ2n) is 6.96. The Morgan fingerprint density at radius 1 is 1.36 bits per heavy atom. The van der Waals surface area contributed by atoms with E-state index in [2.05, 4.69) is 17.3 Å². The van der Waals surface area contributed by atoms with Crippen LogP contribution >= 0.6 is 0 Å². The van der Waals surface area contributed by atoms with Gasteiger partial charge in [-0.1, -0.05) is 6.92 Å². The lowest BCUT2D eigenvalue weighted by molar-refractivity contribution is -0.137. The van der Waals surface area contributed by atoms with E-state index in [9.17, 15) is 9.59 Å². The number of rotatable bonds is 3. The van der Waals surface area contributed by atoms with Crippen molar-refractivity contribution in [1.29, 1.82) is 0 Å². The summed E-state index contributed by atoms with van der Waals surface area (Å²) in [4.78, 5) is 26.9. The highest BCUT2D eigenvalue weighted by Gasteiger charge is 2.44. The number of hydrogen-bond acceptors (Lipinski definition) is 3. The predicted octanol–water partition coefficient (Wildman–Crippen LogP) is 1.09. The first kappa shape index (κ1) is 13.8. The van der Waals surface area contributed by atoms with E-state index in [1.807, 2.05) is 11.0 Å². The third-order valence-corrected chi connectivity index (χ3v) is 5.29. The number of carbonyl (C=O) groups is 2. The number of nitrogens with one attached hydrogen (secondary N) is 1. The van der Waals surface area contributed by atoms with Gasteiger partial charge in [0.05, 0.1) is 18.8 Å². The first-order valence-corrected chi connectivity index (χ1v) is 8.25. The van der Waals surface area contributed by atoms with Crippen LogP contribution in [0.1, 0.15) is 44.3 Å². The van der Waals surface area contributed by atoms with Crippen molar-refractivity contribution in [3.8, 4) is 0 Å². The van der Waals surface area contributed by atoms with Gasteiger partial charge < -0.3 is 10.2 Å². The smallest absolute Gasteiger partial charge is 0.246 e. The fourth-order valence-corrected chi connectivity index (χ4v) is 3.41. The Bertz CT molecular complexity index is 607. The minimum atomic E-state index is -0.391. The van der Waals surface area contributed by atoms with Crippen molar-refractivity contribution in [3.05, 3.63) is 18.0 Å². The third-order valence-electron chi connectivity index (χ3n) is 5.29. The Hall–Kier alpha value is -1.85. The number of aromatic nitrogens is 2. The molecule has 2 saturated carbocycles. The highest BCUT2D eigenvalue weighted by Crippen LogP contribution is 2.40. The normalized spacial score (nSPS) is 30.4. The molecule has 1 aromatic heterocycles. The molecule has 6 heteroatoms. The zero-order chi connectivity index (χ0) is 15.3. The summed E-state index contributed by atoms with van der Waals surface area (Å²) in [5.74, 6) is 0.837. The molecule has 0 aromatic carbocycles. The number of amides is 2. The second kappa shape index (κ2) is 5.11. The average molecular weight is 302 g/mol. The van der Waals surface area contributed by atoms with Crippen molar-refractivity contribution in [1.82, 2.24) is 20.0 Å². The lowest BCUT2D eigenvalue weighted by Gasteiger charge is -2.35. The van der Waals surface area contributed by atoms with Gasteiger partial charge in [-0.25, -0.2) is 0 Å². The Morgan fingerprint density at radius 3 is 2.77 bits per heavy atom. The molecule has 0 radical (unpaired) electrons. The molecule has 4 rings (SSSR count). The molecule has 6 nitrogen and oxygen atoms in total. The summed E-state index contributed by atoms with van der Waals surface area (Å²) in [6, 6.07) is 1.82. The van der Waals surface area contributed by atoms with Crippen LogP contribution < -0.4 is 5.32 Å². The summed E-state index contributed by atoms with van der Waals surface area (Å²) >= 11 is 0. The van der Waals surface area contributed by atoms with Gasteiger partial charge in [-0.05, 0) is 37.7 Å². The molecule has 0 bridgehead atoms. The Balaban J connectivity index is 1.52. The molecule has 2 aliphatic carbocycles. The van der Waals surface area contributed by atoms with E-state index in [4.69, 9.17) is 0 Å². The summed E-state index contributed by atoms with van der Waals surface area (Å²) in [5, 5.41) is 7.39. The highest BCUT2D eigenvalue weighted by molar-refractivity contribution is 5.85. The number of hydrogen-bond donors (Lipinski definition) is 1. The van der Waals surface area contributed by atoms with E-state index in [1.165, 1.54) is 6.42 Å². The summed E-state index contributed by atoms with van der Waals surface area (Å²) in [6.07, 6.45) is 6.01. The van der Waals surface area contributed by atoms with Crippen LogP contribution in [0.25, 0.3) is 0 Å². The topological polar surface area (TPSA) is 67.2 Å². The van der Waals surface area contributed by atoms with Crippen LogP contribution in [0.5, 0.6) is 0 Å². The molecule has 1 N–H and O–H groups in total. The van der Waals surface area contributed by atoms with Gasteiger partial charge in [-0.15, -0.1) is 0 Å². The van der Waals surface area contributed by atoms with Gasteiger partial charge in [-0.3, -0.25) is 14.3 Å². The quantitative estimate of drug-likeness (QED) is 0.909. The van der Waals surface area contributed by atoms with E-state index < -0.39 is 6.04 Å². The van der Waals surface area contributed by atoms with Crippen molar-refractivity contribution < 1.29 is 9.59 Å². The monoisotopic (exact) mass is 302 g/mol. The van der Waals surface area contributed by atoms with E-state index >= 15 is 0 Å². The Morgan fingerprint density at radius 2 is 2.14 bits per heavy atom. The van der Waals surface area contributed by atoms with Crippen LogP contribution in [0, 0.1) is 11.8 Å². The van der Waals surface area contributed by atoms with E-state index in [0.717, 1.165) is 25.0 Å². The maximum absolute atomic E-state index is 12.6. The molecule has 22 heavy (non-hydrogen) atoms. The first-order valence-electron chi connectivity index (χ1n) is 8.25. The van der Waals surface area contributed by atoms with Crippen LogP contribution in [-0.4, -0.2) is 39.1 Å². The molecule has 2 fully saturated rings. The maximum atomic E-state index is 12.6. The van der Waals surface area contributed by atoms with E-state index in [-0.39, 0.29) is 17.7 Å². The standard InChI is InChI=1S/C16H22N4O2/c1-10-7-13(10)16(22)19-8-12-5-6-17-20(12)14(9-19)15(21)18-11-3-2-4-11/h5-6,10-11,13-14H,2-4,7-9H2,1H3,(H,18,21). The van der Waals surface area contributed by atoms with Crippen LogP contribution in [0.4, 0.5) is 0 Å². The van der Waals surface area contributed by atoms with Gasteiger partial charge in [-0.2, -0.15) is 5.10 Å². The molecule has 0 spiro atoms. The molecule has 3 unspecified atom stereocenters. The molecule has 3 aliphatic rings. The minimum absolute atomic E-state index is 0.00371. The lowest BCUT2D eigenvalue weighted by Crippen LogP contribution is -2.50. The van der Waals surface area contributed by atoms with E-state index in [0.29, 0.717) is 25.0 Å². The average Bonchev–Trinajstić information content (AvgIpc) is 3.00. The number of carbonyl (C=O) groups excluding carboxylic acids is 2. The number of nitrogens with zero attached hydrogens (tertiary/aromatic N) is 3. The zero-order valence-electron chi connectivity index (χ0n) is 12.9. The molecular formula is C16H22N4O2. The molecule has 3 atom stereocenters. The first-order chi connectivity index (χ1) is 10.6. The maximum Gasteiger partial charge on any atom is 0.246 e. The van der Waals surface area contributed by atoms with Gasteiger partial charge in [0, 0.05) is 18.2 Å². The molecule has 2 amide bonds. The van der Waals surface area contributed by atoms with Gasteiger partial charge in [0.1, 0.15) is 6.04 Å². The van der Waals surface area contributed by atoms with Crippen molar-refractivity contribution in [2.45, 2.75) is 51.2 Å². The molecule has 1 aliphatic heterocycles. The molecular weight excluding hydrogens is 280 g/mol. The second-order valence-corrected chi connectivity index (χ2v) is 6.96. The SMILES string of the molecule is CC1CC1C(=O)N1Cc2ccnn2C(C(=O)NC2CCC2)C1. The van der Waals surface area contributed by atoms with Crippen molar-refractivity contribution in [3.63, 3.8) is 0 Å². The molecule has 1 aromatic rings. The zero-order valence-corrected chi connectivity index (χ0v) is 12.9. The summed E-state index contributed by atoms with van der Waals surface area (Å²) in [7, 11) is 0. The van der Waals surface area contributed by atoms with Gasteiger partial charge in [0.25, 0.3) is 0 Å². The minimum Gasteiger partial charge on any atom is -0.351 e. The fraction of sp³-hybridized carbons (Fsp3) is 0.688. The van der Waals surface area contributed by atoms with Crippen LogP contribution in [0.3, 0.4) is 0 Å². The van der Waals surface area contributed by atoms with Gasteiger partial charge >= 0.3 is 0 Å². The third kappa shape index (κ3) is 2.30. The highest BCUT2D eigenvalue weighted by atomic mass is 16.2. The summed E-state index contributed by atoms with van der Waals surface area (Å²) in [5.41, 5.74) is 0.946. The van der Waals surface area contributed by atoms with Crippen molar-refractivity contribution in [2.24, 2.45) is 11.8 Å². The molecule has 118 valence electrons.